The molecule has 2 aliphatic carbocycles. The van der Waals surface area contributed by atoms with E-state index in [-0.39, 0.29) is 23.1 Å². The summed E-state index contributed by atoms with van der Waals surface area (Å²) in [4.78, 5) is 32.0. The second-order valence-corrected chi connectivity index (χ2v) is 9.70. The first kappa shape index (κ1) is 21.9. The van der Waals surface area contributed by atoms with E-state index in [1.165, 1.54) is 11.0 Å². The lowest BCUT2D eigenvalue weighted by molar-refractivity contribution is -0.136. The maximum Gasteiger partial charge on any atom is 0.233 e. The first-order valence-corrected chi connectivity index (χ1v) is 12.0. The van der Waals surface area contributed by atoms with Crippen LogP contribution in [0.15, 0.2) is 35.9 Å². The summed E-state index contributed by atoms with van der Waals surface area (Å²) in [6.07, 6.45) is 10.4. The predicted molar refractivity (Wildman–Crippen MR) is 121 cm³/mol. The van der Waals surface area contributed by atoms with Crippen molar-refractivity contribution in [1.82, 2.24) is 35.4 Å². The molecule has 3 aliphatic rings. The van der Waals surface area contributed by atoms with Gasteiger partial charge in [0, 0.05) is 42.5 Å². The highest BCUT2D eigenvalue weighted by Gasteiger charge is 2.49. The number of tetrazole rings is 1. The Balaban J connectivity index is 1.18. The molecule has 0 aromatic carbocycles. The Kier molecular flexibility index (Phi) is 5.82. The SMILES string of the molecule is CC1=C(N2CC[C@]3(CC[C@@H](N[C@@H](C)c4ccc(-n5cnnn5)nc4)CC3)C2=O)CCCC1=O. The van der Waals surface area contributed by atoms with Gasteiger partial charge in [-0.05, 0) is 80.8 Å². The monoisotopic (exact) mass is 449 g/mol. The molecule has 2 fully saturated rings. The van der Waals surface area contributed by atoms with E-state index in [0.29, 0.717) is 18.3 Å². The molecule has 3 heterocycles. The number of Topliss-reactive ketones (excluding diaryl/α,β-unsaturated/α-hetero) is 1. The number of rotatable bonds is 5. The molecule has 1 saturated carbocycles. The maximum absolute atomic E-state index is 13.4. The minimum absolute atomic E-state index is 0.163. The van der Waals surface area contributed by atoms with Gasteiger partial charge in [0.2, 0.25) is 5.91 Å². The second-order valence-electron chi connectivity index (χ2n) is 9.70. The van der Waals surface area contributed by atoms with E-state index in [4.69, 9.17) is 0 Å². The molecule has 1 N–H and O–H groups in total. The number of nitrogens with zero attached hydrogens (tertiary/aromatic N) is 6. The van der Waals surface area contributed by atoms with Crippen molar-refractivity contribution in [2.45, 2.75) is 77.3 Å². The molecule has 174 valence electrons. The van der Waals surface area contributed by atoms with Gasteiger partial charge in [-0.3, -0.25) is 9.59 Å². The molecule has 33 heavy (non-hydrogen) atoms. The maximum atomic E-state index is 13.4. The number of carbonyl (C=O) groups is 2. The van der Waals surface area contributed by atoms with Gasteiger partial charge in [0.1, 0.15) is 6.33 Å². The van der Waals surface area contributed by atoms with E-state index in [1.54, 1.807) is 0 Å². The van der Waals surface area contributed by atoms with Crippen LogP contribution in [0.4, 0.5) is 0 Å². The summed E-state index contributed by atoms with van der Waals surface area (Å²) < 4.78 is 1.53. The third-order valence-electron chi connectivity index (χ3n) is 7.79. The number of carbonyl (C=O) groups excluding carboxylic acids is 2. The van der Waals surface area contributed by atoms with Crippen molar-refractivity contribution in [3.63, 3.8) is 0 Å². The molecule has 1 atom stereocenters. The van der Waals surface area contributed by atoms with E-state index < -0.39 is 0 Å². The summed E-state index contributed by atoms with van der Waals surface area (Å²) in [6.45, 7) is 4.80. The lowest BCUT2D eigenvalue weighted by Gasteiger charge is -2.37. The first-order chi connectivity index (χ1) is 16.0. The van der Waals surface area contributed by atoms with Crippen LogP contribution in [0, 0.1) is 5.41 Å². The van der Waals surface area contributed by atoms with Crippen molar-refractivity contribution in [1.29, 1.82) is 0 Å². The van der Waals surface area contributed by atoms with Gasteiger partial charge in [0.25, 0.3) is 0 Å². The van der Waals surface area contributed by atoms with Crippen LogP contribution >= 0.6 is 0 Å². The van der Waals surface area contributed by atoms with Crippen LogP contribution in [0.2, 0.25) is 0 Å². The van der Waals surface area contributed by atoms with Gasteiger partial charge >= 0.3 is 0 Å². The van der Waals surface area contributed by atoms with Gasteiger partial charge in [-0.1, -0.05) is 6.07 Å². The highest BCUT2D eigenvalue weighted by Crippen LogP contribution is 2.47. The van der Waals surface area contributed by atoms with Crippen LogP contribution < -0.4 is 5.32 Å². The molecule has 1 amide bonds. The summed E-state index contributed by atoms with van der Waals surface area (Å²) in [6, 6.07) is 4.50. The number of ketones is 1. The number of hydrogen-bond donors (Lipinski definition) is 1. The zero-order chi connectivity index (χ0) is 23.0. The summed E-state index contributed by atoms with van der Waals surface area (Å²) >= 11 is 0. The van der Waals surface area contributed by atoms with Crippen LogP contribution in [-0.4, -0.2) is 54.4 Å². The van der Waals surface area contributed by atoms with Gasteiger partial charge in [-0.25, -0.2) is 4.98 Å². The van der Waals surface area contributed by atoms with Crippen molar-refractivity contribution >= 4 is 11.7 Å². The second kappa shape index (κ2) is 8.78. The first-order valence-electron chi connectivity index (χ1n) is 12.0. The van der Waals surface area contributed by atoms with Crippen LogP contribution in [0.25, 0.3) is 5.82 Å². The smallest absolute Gasteiger partial charge is 0.233 e. The Labute approximate surface area is 193 Å². The molecular formula is C24H31N7O2. The van der Waals surface area contributed by atoms with Crippen LogP contribution in [-0.2, 0) is 9.59 Å². The van der Waals surface area contributed by atoms with Crippen molar-refractivity contribution in [3.05, 3.63) is 41.5 Å². The normalized spacial score (nSPS) is 27.0. The zero-order valence-electron chi connectivity index (χ0n) is 19.3. The molecule has 0 unspecified atom stereocenters. The molecule has 9 heteroatoms. The summed E-state index contributed by atoms with van der Waals surface area (Å²) in [5, 5.41) is 14.9. The predicted octanol–water partition coefficient (Wildman–Crippen LogP) is 2.90. The molecule has 0 radical (unpaired) electrons. The molecule has 1 spiro atoms. The van der Waals surface area contributed by atoms with Gasteiger partial charge in [-0.15, -0.1) is 5.10 Å². The third-order valence-corrected chi connectivity index (χ3v) is 7.79. The average Bonchev–Trinajstić information content (AvgIpc) is 3.47. The summed E-state index contributed by atoms with van der Waals surface area (Å²) in [5.41, 5.74) is 2.65. The number of amides is 1. The fraction of sp³-hybridized carbons (Fsp3) is 0.583. The van der Waals surface area contributed by atoms with Crippen molar-refractivity contribution in [2.24, 2.45) is 5.41 Å². The van der Waals surface area contributed by atoms with E-state index in [9.17, 15) is 9.59 Å². The number of allylic oxidation sites excluding steroid dienone is 2. The largest absolute Gasteiger partial charge is 0.315 e. The molecule has 2 aromatic rings. The lowest BCUT2D eigenvalue weighted by atomic mass is 9.71. The Bertz CT molecular complexity index is 1050. The topological polar surface area (TPSA) is 106 Å². The van der Waals surface area contributed by atoms with E-state index in [0.717, 1.165) is 68.3 Å². The fourth-order valence-corrected chi connectivity index (χ4v) is 5.67. The minimum Gasteiger partial charge on any atom is -0.315 e. The van der Waals surface area contributed by atoms with E-state index in [1.807, 2.05) is 30.2 Å². The Morgan fingerprint density at radius 3 is 2.67 bits per heavy atom. The molecule has 0 bridgehead atoms. The zero-order valence-corrected chi connectivity index (χ0v) is 19.3. The van der Waals surface area contributed by atoms with Crippen molar-refractivity contribution < 1.29 is 9.59 Å². The van der Waals surface area contributed by atoms with Gasteiger partial charge in [0.15, 0.2) is 11.6 Å². The summed E-state index contributed by atoms with van der Waals surface area (Å²) in [5.74, 6) is 1.14. The summed E-state index contributed by atoms with van der Waals surface area (Å²) in [7, 11) is 0. The Hall–Kier alpha value is -2.94. The Morgan fingerprint density at radius 2 is 1.97 bits per heavy atom. The van der Waals surface area contributed by atoms with Gasteiger partial charge in [0.05, 0.1) is 5.41 Å². The van der Waals surface area contributed by atoms with Crippen LogP contribution in [0.3, 0.4) is 0 Å². The number of pyridine rings is 1. The highest BCUT2D eigenvalue weighted by atomic mass is 16.2. The van der Waals surface area contributed by atoms with E-state index >= 15 is 0 Å². The Morgan fingerprint density at radius 1 is 1.15 bits per heavy atom. The number of nitrogens with one attached hydrogen (secondary N) is 1. The minimum atomic E-state index is -0.246. The lowest BCUT2D eigenvalue weighted by Crippen LogP contribution is -2.43. The van der Waals surface area contributed by atoms with Crippen molar-refractivity contribution in [2.75, 3.05) is 6.54 Å². The van der Waals surface area contributed by atoms with E-state index in [2.05, 4.69) is 32.7 Å². The van der Waals surface area contributed by atoms with Crippen LogP contribution in [0.1, 0.15) is 76.8 Å². The molecule has 5 rings (SSSR count). The standard InChI is InChI=1S/C24H31N7O2/c1-16-20(4-3-5-21(16)32)30-13-12-24(23(30)33)10-8-19(9-11-24)27-17(2)18-6-7-22(25-14-18)31-15-26-28-29-31/h6-7,14-15,17,19,27H,3-5,8-13H2,1-2H3/t17-,19-,24-/m0/s1. The third kappa shape index (κ3) is 4.10. The molecule has 1 aliphatic heterocycles. The number of aromatic nitrogens is 5. The molecule has 1 saturated heterocycles. The average molecular weight is 450 g/mol. The number of hydrogen-bond acceptors (Lipinski definition) is 7. The number of likely N-dealkylation sites (tertiary alicyclic amines) is 1. The molecular weight excluding hydrogens is 418 g/mol. The molecule has 9 nitrogen and oxygen atoms in total. The quantitative estimate of drug-likeness (QED) is 0.748. The molecule has 2 aromatic heterocycles. The van der Waals surface area contributed by atoms with Crippen molar-refractivity contribution in [3.8, 4) is 5.82 Å². The fourth-order valence-electron chi connectivity index (χ4n) is 5.67. The van der Waals surface area contributed by atoms with Crippen LogP contribution in [0.5, 0.6) is 0 Å². The highest BCUT2D eigenvalue weighted by molar-refractivity contribution is 5.97. The van der Waals surface area contributed by atoms with Gasteiger partial charge < -0.3 is 10.2 Å². The van der Waals surface area contributed by atoms with Gasteiger partial charge in [-0.2, -0.15) is 4.68 Å².